The molecule has 1 amide bonds. The third kappa shape index (κ3) is 3.66. The van der Waals surface area contributed by atoms with Crippen LogP contribution in [0.15, 0.2) is 18.2 Å². The molecule has 1 aliphatic heterocycles. The number of halogens is 3. The molecule has 1 aromatic rings. The Labute approximate surface area is 120 Å². The van der Waals surface area contributed by atoms with Gasteiger partial charge in [-0.25, -0.2) is 0 Å². The van der Waals surface area contributed by atoms with Crippen LogP contribution in [0.4, 0.5) is 18.9 Å². The van der Waals surface area contributed by atoms with Crippen molar-refractivity contribution < 1.29 is 22.7 Å². The van der Waals surface area contributed by atoms with Gasteiger partial charge in [0, 0.05) is 31.5 Å². The van der Waals surface area contributed by atoms with Crippen molar-refractivity contribution in [2.75, 3.05) is 25.9 Å². The standard InChI is InChI=1S/C14H17F3N2O2/c1-19(8-10-3-2-6-21-10)13(20)9-4-5-12(18)11(7-9)14(15,16)17/h4-5,7,10H,2-3,6,8,18H2,1H3. The van der Waals surface area contributed by atoms with Crippen molar-refractivity contribution in [2.24, 2.45) is 0 Å². The summed E-state index contributed by atoms with van der Waals surface area (Å²) in [6.07, 6.45) is -2.83. The van der Waals surface area contributed by atoms with Gasteiger partial charge >= 0.3 is 6.18 Å². The second-order valence-electron chi connectivity index (χ2n) is 5.12. The van der Waals surface area contributed by atoms with Crippen LogP contribution in [0.2, 0.25) is 0 Å². The largest absolute Gasteiger partial charge is 0.418 e. The van der Waals surface area contributed by atoms with Gasteiger partial charge in [0.2, 0.25) is 0 Å². The minimum Gasteiger partial charge on any atom is -0.398 e. The zero-order valence-electron chi connectivity index (χ0n) is 11.6. The van der Waals surface area contributed by atoms with E-state index in [1.54, 1.807) is 7.05 Å². The number of hydrogen-bond acceptors (Lipinski definition) is 3. The summed E-state index contributed by atoms with van der Waals surface area (Å²) in [5.74, 6) is -0.476. The second kappa shape index (κ2) is 5.93. The first-order valence-corrected chi connectivity index (χ1v) is 6.63. The first-order valence-electron chi connectivity index (χ1n) is 6.63. The highest BCUT2D eigenvalue weighted by molar-refractivity contribution is 5.94. The topological polar surface area (TPSA) is 55.6 Å². The molecule has 1 heterocycles. The lowest BCUT2D eigenvalue weighted by atomic mass is 10.1. The summed E-state index contributed by atoms with van der Waals surface area (Å²) in [7, 11) is 1.55. The number of carbonyl (C=O) groups is 1. The van der Waals surface area contributed by atoms with Crippen molar-refractivity contribution in [3.8, 4) is 0 Å². The van der Waals surface area contributed by atoms with E-state index in [0.29, 0.717) is 13.2 Å². The molecule has 116 valence electrons. The number of rotatable bonds is 3. The van der Waals surface area contributed by atoms with Crippen molar-refractivity contribution in [2.45, 2.75) is 25.1 Å². The minimum absolute atomic E-state index is 0.0305. The van der Waals surface area contributed by atoms with Crippen molar-refractivity contribution in [1.29, 1.82) is 0 Å². The summed E-state index contributed by atoms with van der Waals surface area (Å²) < 4.78 is 43.8. The molecule has 2 rings (SSSR count). The third-order valence-electron chi connectivity index (χ3n) is 3.45. The van der Waals surface area contributed by atoms with Crippen LogP contribution in [0.3, 0.4) is 0 Å². The molecule has 2 N–H and O–H groups in total. The molecule has 1 atom stereocenters. The second-order valence-corrected chi connectivity index (χ2v) is 5.12. The summed E-state index contributed by atoms with van der Waals surface area (Å²) >= 11 is 0. The number of nitrogen functional groups attached to an aromatic ring is 1. The average Bonchev–Trinajstić information content (AvgIpc) is 2.90. The van der Waals surface area contributed by atoms with Crippen LogP contribution in [0.25, 0.3) is 0 Å². The molecule has 1 fully saturated rings. The normalized spacial score (nSPS) is 18.8. The predicted molar refractivity (Wildman–Crippen MR) is 71.8 cm³/mol. The number of alkyl halides is 3. The molecule has 7 heteroatoms. The summed E-state index contributed by atoms with van der Waals surface area (Å²) in [4.78, 5) is 13.6. The van der Waals surface area contributed by atoms with Gasteiger partial charge in [-0.2, -0.15) is 13.2 Å². The first kappa shape index (κ1) is 15.6. The fourth-order valence-corrected chi connectivity index (χ4v) is 2.33. The van der Waals surface area contributed by atoms with Gasteiger partial charge in [-0.1, -0.05) is 0 Å². The van der Waals surface area contributed by atoms with Crippen molar-refractivity contribution >= 4 is 11.6 Å². The molecule has 0 saturated carbocycles. The summed E-state index contributed by atoms with van der Waals surface area (Å²) in [5, 5.41) is 0. The zero-order valence-corrected chi connectivity index (χ0v) is 11.6. The van der Waals surface area contributed by atoms with Gasteiger partial charge in [0.15, 0.2) is 0 Å². The Hall–Kier alpha value is -1.76. The molecule has 1 saturated heterocycles. The summed E-state index contributed by atoms with van der Waals surface area (Å²) in [6, 6.07) is 3.21. The molecule has 1 unspecified atom stereocenters. The number of anilines is 1. The highest BCUT2D eigenvalue weighted by Crippen LogP contribution is 2.34. The van der Waals surface area contributed by atoms with Crippen molar-refractivity contribution in [3.05, 3.63) is 29.3 Å². The third-order valence-corrected chi connectivity index (χ3v) is 3.45. The lowest BCUT2D eigenvalue weighted by Gasteiger charge is -2.21. The fraction of sp³-hybridized carbons (Fsp3) is 0.500. The van der Waals surface area contributed by atoms with Gasteiger partial charge in [0.25, 0.3) is 5.91 Å². The maximum Gasteiger partial charge on any atom is 0.418 e. The monoisotopic (exact) mass is 302 g/mol. The van der Waals surface area contributed by atoms with Crippen LogP contribution >= 0.6 is 0 Å². The minimum atomic E-state index is -4.58. The molecule has 1 aromatic carbocycles. The number of benzene rings is 1. The van der Waals surface area contributed by atoms with E-state index in [2.05, 4.69) is 0 Å². The number of likely N-dealkylation sites (N-methyl/N-ethyl adjacent to an activating group) is 1. The Bertz CT molecular complexity index is 525. The SMILES string of the molecule is CN(CC1CCCO1)C(=O)c1ccc(N)c(C(F)(F)F)c1. The zero-order chi connectivity index (χ0) is 15.6. The van der Waals surface area contributed by atoms with Gasteiger partial charge in [-0.05, 0) is 31.0 Å². The smallest absolute Gasteiger partial charge is 0.398 e. The lowest BCUT2D eigenvalue weighted by Crippen LogP contribution is -2.34. The molecule has 0 spiro atoms. The van der Waals surface area contributed by atoms with E-state index >= 15 is 0 Å². The number of carbonyl (C=O) groups excluding carboxylic acids is 1. The van der Waals surface area contributed by atoms with Crippen LogP contribution in [-0.4, -0.2) is 37.1 Å². The molecular formula is C14H17F3N2O2. The van der Waals surface area contributed by atoms with Gasteiger partial charge in [-0.3, -0.25) is 4.79 Å². The molecule has 0 aromatic heterocycles. The number of nitrogens with two attached hydrogens (primary N) is 1. The van der Waals surface area contributed by atoms with E-state index in [4.69, 9.17) is 10.5 Å². The van der Waals surface area contributed by atoms with Gasteiger partial charge < -0.3 is 15.4 Å². The van der Waals surface area contributed by atoms with Crippen molar-refractivity contribution in [1.82, 2.24) is 4.90 Å². The van der Waals surface area contributed by atoms with Crippen LogP contribution in [-0.2, 0) is 10.9 Å². The fourth-order valence-electron chi connectivity index (χ4n) is 2.33. The number of amides is 1. The molecule has 0 bridgehead atoms. The molecule has 1 aliphatic rings. The van der Waals surface area contributed by atoms with Gasteiger partial charge in [0.1, 0.15) is 0 Å². The predicted octanol–water partition coefficient (Wildman–Crippen LogP) is 2.54. The average molecular weight is 302 g/mol. The number of nitrogens with zero attached hydrogens (tertiary/aromatic N) is 1. The maximum atomic E-state index is 12.8. The van der Waals surface area contributed by atoms with Gasteiger partial charge in [-0.15, -0.1) is 0 Å². The van der Waals surface area contributed by atoms with Crippen LogP contribution in [0.5, 0.6) is 0 Å². The van der Waals surface area contributed by atoms with E-state index in [9.17, 15) is 18.0 Å². The van der Waals surface area contributed by atoms with Gasteiger partial charge in [0.05, 0.1) is 11.7 Å². The molecule has 0 aliphatic carbocycles. The molecule has 0 radical (unpaired) electrons. The van der Waals surface area contributed by atoms with E-state index < -0.39 is 17.6 Å². The highest BCUT2D eigenvalue weighted by atomic mass is 19.4. The van der Waals surface area contributed by atoms with Crippen LogP contribution in [0, 0.1) is 0 Å². The summed E-state index contributed by atoms with van der Waals surface area (Å²) in [5.41, 5.74) is 3.91. The molecule has 21 heavy (non-hydrogen) atoms. The highest BCUT2D eigenvalue weighted by Gasteiger charge is 2.34. The molecule has 4 nitrogen and oxygen atoms in total. The first-order chi connectivity index (χ1) is 9.79. The molecular weight excluding hydrogens is 285 g/mol. The van der Waals surface area contributed by atoms with E-state index in [-0.39, 0.29) is 17.4 Å². The Balaban J connectivity index is 2.15. The van der Waals surface area contributed by atoms with Crippen LogP contribution < -0.4 is 5.73 Å². The van der Waals surface area contributed by atoms with Crippen LogP contribution in [0.1, 0.15) is 28.8 Å². The maximum absolute atomic E-state index is 12.8. The Morgan fingerprint density at radius 2 is 2.19 bits per heavy atom. The summed E-state index contributed by atoms with van der Waals surface area (Å²) in [6.45, 7) is 1.03. The van der Waals surface area contributed by atoms with E-state index in [0.717, 1.165) is 25.0 Å². The number of ether oxygens (including phenoxy) is 1. The van der Waals surface area contributed by atoms with E-state index in [1.165, 1.54) is 11.0 Å². The Kier molecular flexibility index (Phi) is 4.41. The van der Waals surface area contributed by atoms with Crippen molar-refractivity contribution in [3.63, 3.8) is 0 Å². The quantitative estimate of drug-likeness (QED) is 0.873. The Morgan fingerprint density at radius 3 is 2.76 bits per heavy atom. The van der Waals surface area contributed by atoms with E-state index in [1.807, 2.05) is 0 Å². The lowest BCUT2D eigenvalue weighted by molar-refractivity contribution is -0.136. The Morgan fingerprint density at radius 1 is 1.48 bits per heavy atom. The number of hydrogen-bond donors (Lipinski definition) is 1.